The van der Waals surface area contributed by atoms with Crippen LogP contribution in [0.4, 0.5) is 5.69 Å². The summed E-state index contributed by atoms with van der Waals surface area (Å²) in [5, 5.41) is 9.45. The number of aliphatic hydroxyl groups excluding tert-OH is 1. The van der Waals surface area contributed by atoms with E-state index in [-0.39, 0.29) is 6.10 Å². The minimum atomic E-state index is -0.112. The number of anilines is 1. The maximum atomic E-state index is 9.45. The Morgan fingerprint density at radius 2 is 2.00 bits per heavy atom. The van der Waals surface area contributed by atoms with Gasteiger partial charge in [0.2, 0.25) is 0 Å². The van der Waals surface area contributed by atoms with E-state index in [1.165, 1.54) is 5.69 Å². The molecule has 0 bridgehead atoms. The van der Waals surface area contributed by atoms with Crippen molar-refractivity contribution < 1.29 is 5.11 Å². The van der Waals surface area contributed by atoms with Crippen LogP contribution in [0.1, 0.15) is 38.3 Å². The largest absolute Gasteiger partial charge is 0.393 e. The Kier molecular flexibility index (Phi) is 3.44. The van der Waals surface area contributed by atoms with Crippen LogP contribution in [0.5, 0.6) is 0 Å². The predicted octanol–water partition coefficient (Wildman–Crippen LogP) is 2.17. The van der Waals surface area contributed by atoms with E-state index in [1.54, 1.807) is 0 Å². The van der Waals surface area contributed by atoms with Crippen molar-refractivity contribution in [2.45, 2.75) is 38.7 Å². The molecule has 2 heterocycles. The van der Waals surface area contributed by atoms with E-state index in [2.05, 4.69) is 35.9 Å². The van der Waals surface area contributed by atoms with Gasteiger partial charge in [-0.05, 0) is 30.9 Å². The van der Waals surface area contributed by atoms with Gasteiger partial charge in [-0.2, -0.15) is 0 Å². The van der Waals surface area contributed by atoms with Crippen LogP contribution in [0, 0.1) is 0 Å². The molecule has 1 saturated heterocycles. The molecule has 2 rings (SSSR count). The van der Waals surface area contributed by atoms with Gasteiger partial charge in [-0.1, -0.05) is 13.8 Å². The average Bonchev–Trinajstić information content (AvgIpc) is 2.30. The molecule has 1 N–H and O–H groups in total. The third-order valence-corrected chi connectivity index (χ3v) is 3.19. The number of aromatic nitrogens is 1. The van der Waals surface area contributed by atoms with E-state index in [9.17, 15) is 5.11 Å². The molecule has 88 valence electrons. The number of rotatable bonds is 2. The molecule has 0 spiro atoms. The molecular weight excluding hydrogens is 200 g/mol. The Bertz CT molecular complexity index is 326. The minimum Gasteiger partial charge on any atom is -0.393 e. The maximum absolute atomic E-state index is 9.45. The van der Waals surface area contributed by atoms with Gasteiger partial charge < -0.3 is 10.0 Å². The Morgan fingerprint density at radius 3 is 2.50 bits per heavy atom. The molecule has 0 aromatic carbocycles. The highest BCUT2D eigenvalue weighted by Gasteiger charge is 2.17. The van der Waals surface area contributed by atoms with Gasteiger partial charge in [-0.25, -0.2) is 0 Å². The van der Waals surface area contributed by atoms with Crippen LogP contribution >= 0.6 is 0 Å². The summed E-state index contributed by atoms with van der Waals surface area (Å²) >= 11 is 0. The molecule has 0 amide bonds. The number of hydrogen-bond acceptors (Lipinski definition) is 3. The first-order valence-corrected chi connectivity index (χ1v) is 6.06. The summed E-state index contributed by atoms with van der Waals surface area (Å²) in [5.74, 6) is 0.484. The highest BCUT2D eigenvalue weighted by molar-refractivity contribution is 5.45. The van der Waals surface area contributed by atoms with Crippen molar-refractivity contribution in [3.63, 3.8) is 0 Å². The van der Waals surface area contributed by atoms with Crippen molar-refractivity contribution in [3.8, 4) is 0 Å². The lowest BCUT2D eigenvalue weighted by atomic mass is 10.1. The molecule has 1 aliphatic heterocycles. The van der Waals surface area contributed by atoms with Gasteiger partial charge in [0, 0.05) is 18.8 Å². The van der Waals surface area contributed by atoms with Gasteiger partial charge >= 0.3 is 0 Å². The zero-order valence-electron chi connectivity index (χ0n) is 10.1. The molecule has 0 aliphatic carbocycles. The summed E-state index contributed by atoms with van der Waals surface area (Å²) in [7, 11) is 0. The molecule has 0 unspecified atom stereocenters. The topological polar surface area (TPSA) is 36.4 Å². The minimum absolute atomic E-state index is 0.112. The Hall–Kier alpha value is -1.09. The number of aliphatic hydroxyl groups is 1. The van der Waals surface area contributed by atoms with E-state index in [1.807, 2.05) is 6.20 Å². The summed E-state index contributed by atoms with van der Waals surface area (Å²) in [6.45, 7) is 6.17. The van der Waals surface area contributed by atoms with E-state index in [0.717, 1.165) is 31.6 Å². The van der Waals surface area contributed by atoms with Crippen LogP contribution in [0.2, 0.25) is 0 Å². The smallest absolute Gasteiger partial charge is 0.0574 e. The van der Waals surface area contributed by atoms with E-state index in [0.29, 0.717) is 5.92 Å². The van der Waals surface area contributed by atoms with Gasteiger partial charge in [0.1, 0.15) is 0 Å². The molecule has 1 aromatic rings. The van der Waals surface area contributed by atoms with Crippen LogP contribution in [-0.2, 0) is 0 Å². The number of pyridine rings is 1. The molecular formula is C13H20N2O. The fraction of sp³-hybridized carbons (Fsp3) is 0.615. The zero-order chi connectivity index (χ0) is 11.5. The third-order valence-electron chi connectivity index (χ3n) is 3.19. The van der Waals surface area contributed by atoms with Gasteiger partial charge in [0.15, 0.2) is 0 Å². The summed E-state index contributed by atoms with van der Waals surface area (Å²) < 4.78 is 0. The van der Waals surface area contributed by atoms with Gasteiger partial charge in [-0.15, -0.1) is 0 Å². The average molecular weight is 220 g/mol. The van der Waals surface area contributed by atoms with E-state index >= 15 is 0 Å². The molecule has 0 radical (unpaired) electrons. The zero-order valence-corrected chi connectivity index (χ0v) is 10.1. The third kappa shape index (κ3) is 2.53. The van der Waals surface area contributed by atoms with Crippen molar-refractivity contribution in [3.05, 3.63) is 24.0 Å². The number of hydrogen-bond donors (Lipinski definition) is 1. The molecule has 1 fully saturated rings. The fourth-order valence-electron chi connectivity index (χ4n) is 2.05. The van der Waals surface area contributed by atoms with E-state index in [4.69, 9.17) is 0 Å². The van der Waals surface area contributed by atoms with Crippen LogP contribution in [-0.4, -0.2) is 29.3 Å². The Balaban J connectivity index is 2.04. The Morgan fingerprint density at radius 1 is 1.31 bits per heavy atom. The quantitative estimate of drug-likeness (QED) is 0.829. The molecule has 1 aliphatic rings. The van der Waals surface area contributed by atoms with Gasteiger partial charge in [-0.3, -0.25) is 4.98 Å². The molecule has 0 saturated carbocycles. The first-order valence-electron chi connectivity index (χ1n) is 6.06. The SMILES string of the molecule is CC(C)c1ccc(N2CCC(O)CC2)cn1. The molecule has 1 aromatic heterocycles. The molecule has 3 nitrogen and oxygen atoms in total. The van der Waals surface area contributed by atoms with Crippen LogP contribution in [0.25, 0.3) is 0 Å². The fourth-order valence-corrected chi connectivity index (χ4v) is 2.05. The second-order valence-electron chi connectivity index (χ2n) is 4.81. The lowest BCUT2D eigenvalue weighted by Crippen LogP contribution is -2.35. The Labute approximate surface area is 97.1 Å². The molecule has 16 heavy (non-hydrogen) atoms. The predicted molar refractivity (Wildman–Crippen MR) is 65.8 cm³/mol. The van der Waals surface area contributed by atoms with Crippen LogP contribution in [0.3, 0.4) is 0 Å². The molecule has 3 heteroatoms. The normalized spacial score (nSPS) is 18.1. The first-order chi connectivity index (χ1) is 7.66. The number of nitrogens with zero attached hydrogens (tertiary/aromatic N) is 2. The highest BCUT2D eigenvalue weighted by Crippen LogP contribution is 2.21. The second-order valence-corrected chi connectivity index (χ2v) is 4.81. The second kappa shape index (κ2) is 4.83. The summed E-state index contributed by atoms with van der Waals surface area (Å²) in [6.07, 6.45) is 3.57. The monoisotopic (exact) mass is 220 g/mol. The summed E-state index contributed by atoms with van der Waals surface area (Å²) in [6, 6.07) is 4.24. The van der Waals surface area contributed by atoms with E-state index < -0.39 is 0 Å². The lowest BCUT2D eigenvalue weighted by Gasteiger charge is -2.31. The number of piperidine rings is 1. The van der Waals surface area contributed by atoms with Crippen molar-refractivity contribution in [1.29, 1.82) is 0 Å². The van der Waals surface area contributed by atoms with Crippen LogP contribution < -0.4 is 4.90 Å². The highest BCUT2D eigenvalue weighted by atomic mass is 16.3. The van der Waals surface area contributed by atoms with Crippen molar-refractivity contribution in [1.82, 2.24) is 4.98 Å². The van der Waals surface area contributed by atoms with Crippen molar-refractivity contribution >= 4 is 5.69 Å². The molecule has 0 atom stereocenters. The van der Waals surface area contributed by atoms with Crippen molar-refractivity contribution in [2.75, 3.05) is 18.0 Å². The van der Waals surface area contributed by atoms with Crippen LogP contribution in [0.15, 0.2) is 18.3 Å². The standard InChI is InChI=1S/C13H20N2O/c1-10(2)13-4-3-11(9-14-13)15-7-5-12(16)6-8-15/h3-4,9-10,12,16H,5-8H2,1-2H3. The summed E-state index contributed by atoms with van der Waals surface area (Å²) in [5.41, 5.74) is 2.32. The maximum Gasteiger partial charge on any atom is 0.0574 e. The first kappa shape index (κ1) is 11.4. The lowest BCUT2D eigenvalue weighted by molar-refractivity contribution is 0.145. The van der Waals surface area contributed by atoms with Gasteiger partial charge in [0.05, 0.1) is 18.0 Å². The van der Waals surface area contributed by atoms with Crippen molar-refractivity contribution in [2.24, 2.45) is 0 Å². The summed E-state index contributed by atoms with van der Waals surface area (Å²) in [4.78, 5) is 6.76. The van der Waals surface area contributed by atoms with Gasteiger partial charge in [0.25, 0.3) is 0 Å².